The molecule has 0 aromatic heterocycles. The summed E-state index contributed by atoms with van der Waals surface area (Å²) < 4.78 is 1.25. The number of nitro groups is 1. The lowest BCUT2D eigenvalue weighted by Crippen LogP contribution is -2.29. The maximum absolute atomic E-state index is 10.8. The van der Waals surface area contributed by atoms with E-state index in [9.17, 15) is 10.1 Å². The Morgan fingerprint density at radius 1 is 1.17 bits per heavy atom. The average molecular weight is 418 g/mol. The predicted molar refractivity (Wildman–Crippen MR) is 98.6 cm³/mol. The van der Waals surface area contributed by atoms with Gasteiger partial charge in [0.05, 0.1) is 11.0 Å². The maximum atomic E-state index is 10.8. The zero-order chi connectivity index (χ0) is 16.0. The summed E-state index contributed by atoms with van der Waals surface area (Å²) in [4.78, 5) is 10.5. The van der Waals surface area contributed by atoms with Crippen molar-refractivity contribution in [1.29, 1.82) is 0 Å². The van der Waals surface area contributed by atoms with Gasteiger partial charge in [-0.3, -0.25) is 10.1 Å². The second-order valence-electron chi connectivity index (χ2n) is 6.06. The van der Waals surface area contributed by atoms with Crippen molar-refractivity contribution in [3.05, 3.63) is 79.4 Å². The van der Waals surface area contributed by atoms with Crippen molar-refractivity contribution in [2.24, 2.45) is 5.92 Å². The van der Waals surface area contributed by atoms with Crippen molar-refractivity contribution < 1.29 is 4.92 Å². The van der Waals surface area contributed by atoms with Crippen LogP contribution in [0, 0.1) is 19.6 Å². The fourth-order valence-corrected chi connectivity index (χ4v) is 4.21. The van der Waals surface area contributed by atoms with Gasteiger partial charge in [0.2, 0.25) is 0 Å². The van der Waals surface area contributed by atoms with Crippen molar-refractivity contribution in [2.45, 2.75) is 18.4 Å². The monoisotopic (exact) mass is 418 g/mol. The van der Waals surface area contributed by atoms with Gasteiger partial charge in [0, 0.05) is 27.3 Å². The molecule has 1 aliphatic carbocycles. The second kappa shape index (κ2) is 5.63. The Bertz CT molecular complexity index is 801. The largest absolute Gasteiger partial charge is 0.378 e. The van der Waals surface area contributed by atoms with Gasteiger partial charge in [-0.2, -0.15) is 0 Å². The van der Waals surface area contributed by atoms with E-state index in [1.54, 1.807) is 12.1 Å². The third-order valence-electron chi connectivity index (χ3n) is 4.79. The third-order valence-corrected chi connectivity index (χ3v) is 5.46. The molecule has 1 aliphatic heterocycles. The van der Waals surface area contributed by atoms with Crippen LogP contribution in [0.2, 0.25) is 0 Å². The predicted octanol–water partition coefficient (Wildman–Crippen LogP) is 5.03. The highest BCUT2D eigenvalue weighted by atomic mass is 127. The lowest BCUT2D eigenvalue weighted by Gasteiger charge is -2.37. The van der Waals surface area contributed by atoms with Crippen LogP contribution >= 0.6 is 22.6 Å². The number of hydrogen-bond acceptors (Lipinski definition) is 3. The first-order chi connectivity index (χ1) is 11.1. The Hall–Kier alpha value is -1.89. The topological polar surface area (TPSA) is 55.2 Å². The van der Waals surface area contributed by atoms with Crippen molar-refractivity contribution >= 4 is 34.0 Å². The van der Waals surface area contributed by atoms with Crippen LogP contribution in [0.4, 0.5) is 11.4 Å². The van der Waals surface area contributed by atoms with Crippen molar-refractivity contribution in [3.63, 3.8) is 0 Å². The van der Waals surface area contributed by atoms with Gasteiger partial charge >= 0.3 is 0 Å². The highest BCUT2D eigenvalue weighted by molar-refractivity contribution is 14.1. The molecule has 1 N–H and O–H groups in total. The molecule has 0 spiro atoms. The molecule has 5 heteroatoms. The number of nitro benzene ring substituents is 1. The Labute approximate surface area is 147 Å². The average Bonchev–Trinajstić information content (AvgIpc) is 3.04. The Morgan fingerprint density at radius 2 is 1.96 bits per heavy atom. The number of nitrogens with one attached hydrogen (secondary N) is 1. The van der Waals surface area contributed by atoms with Gasteiger partial charge in [-0.1, -0.05) is 24.3 Å². The van der Waals surface area contributed by atoms with Gasteiger partial charge in [-0.15, -0.1) is 0 Å². The number of allylic oxidation sites excluding steroid dienone is 2. The minimum Gasteiger partial charge on any atom is -0.378 e. The van der Waals surface area contributed by atoms with Crippen LogP contribution in [0.15, 0.2) is 54.6 Å². The molecule has 116 valence electrons. The summed E-state index contributed by atoms with van der Waals surface area (Å²) >= 11 is 2.35. The van der Waals surface area contributed by atoms with Crippen LogP contribution in [0.1, 0.15) is 29.5 Å². The minimum absolute atomic E-state index is 0.139. The highest BCUT2D eigenvalue weighted by Gasteiger charge is 2.37. The van der Waals surface area contributed by atoms with E-state index in [4.69, 9.17) is 0 Å². The molecule has 0 bridgehead atoms. The van der Waals surface area contributed by atoms with Gasteiger partial charge in [0.25, 0.3) is 5.69 Å². The first-order valence-electron chi connectivity index (χ1n) is 7.60. The molecule has 0 saturated carbocycles. The molecule has 1 heterocycles. The molecule has 2 aromatic carbocycles. The number of anilines is 1. The van der Waals surface area contributed by atoms with Crippen LogP contribution in [0.25, 0.3) is 0 Å². The quantitative estimate of drug-likeness (QED) is 0.322. The van der Waals surface area contributed by atoms with Gasteiger partial charge in [-0.05, 0) is 64.3 Å². The van der Waals surface area contributed by atoms with E-state index in [0.29, 0.717) is 11.8 Å². The van der Waals surface area contributed by atoms with E-state index >= 15 is 0 Å². The molecule has 23 heavy (non-hydrogen) atoms. The van der Waals surface area contributed by atoms with Crippen LogP contribution in [0.3, 0.4) is 0 Å². The molecule has 4 nitrogen and oxygen atoms in total. The number of halogens is 1. The van der Waals surface area contributed by atoms with E-state index in [1.165, 1.54) is 14.8 Å². The Morgan fingerprint density at radius 3 is 2.70 bits per heavy atom. The van der Waals surface area contributed by atoms with E-state index in [0.717, 1.165) is 12.0 Å². The Kier molecular flexibility index (Phi) is 3.60. The third kappa shape index (κ3) is 2.52. The molecule has 2 aliphatic rings. The van der Waals surface area contributed by atoms with Crippen LogP contribution in [-0.4, -0.2) is 4.92 Å². The molecule has 0 saturated heterocycles. The van der Waals surface area contributed by atoms with Gasteiger partial charge in [0.15, 0.2) is 0 Å². The minimum atomic E-state index is -0.352. The summed E-state index contributed by atoms with van der Waals surface area (Å²) in [5.74, 6) is 0.878. The number of hydrogen-bond donors (Lipinski definition) is 1. The van der Waals surface area contributed by atoms with E-state index in [1.807, 2.05) is 12.1 Å². The van der Waals surface area contributed by atoms with Crippen LogP contribution < -0.4 is 5.32 Å². The van der Waals surface area contributed by atoms with Gasteiger partial charge in [0.1, 0.15) is 0 Å². The number of benzene rings is 2. The molecular formula is C18H15IN2O2. The standard InChI is InChI=1S/C18H15IN2O2/c19-12-6-9-17-16(10-12)14-2-1-3-15(14)18(20-17)11-4-7-13(8-5-11)21(22)23/h1-2,4-10,14-15,18,20H,3H2/t14-,15-,18+/m0/s1. The normalized spacial score (nSPS) is 24.7. The molecule has 0 unspecified atom stereocenters. The van der Waals surface area contributed by atoms with E-state index in [-0.39, 0.29) is 16.7 Å². The highest BCUT2D eigenvalue weighted by Crippen LogP contribution is 2.50. The van der Waals surface area contributed by atoms with E-state index in [2.05, 4.69) is 58.3 Å². The molecule has 4 rings (SSSR count). The lowest BCUT2D eigenvalue weighted by molar-refractivity contribution is -0.384. The summed E-state index contributed by atoms with van der Waals surface area (Å²) in [5.41, 5.74) is 3.77. The molecular weight excluding hydrogens is 403 g/mol. The molecule has 3 atom stereocenters. The fraction of sp³-hybridized carbons (Fsp3) is 0.222. The van der Waals surface area contributed by atoms with Crippen LogP contribution in [-0.2, 0) is 0 Å². The van der Waals surface area contributed by atoms with Gasteiger partial charge < -0.3 is 5.32 Å². The number of rotatable bonds is 2. The molecule has 2 aromatic rings. The zero-order valence-corrected chi connectivity index (χ0v) is 14.4. The summed E-state index contributed by atoms with van der Waals surface area (Å²) in [6, 6.07) is 13.6. The van der Waals surface area contributed by atoms with Gasteiger partial charge in [-0.25, -0.2) is 0 Å². The summed E-state index contributed by atoms with van der Waals surface area (Å²) in [6.45, 7) is 0. The number of nitrogens with zero attached hydrogens (tertiary/aromatic N) is 1. The second-order valence-corrected chi connectivity index (χ2v) is 7.30. The van der Waals surface area contributed by atoms with Crippen molar-refractivity contribution in [1.82, 2.24) is 0 Å². The number of fused-ring (bicyclic) bond motifs is 3. The van der Waals surface area contributed by atoms with Crippen LogP contribution in [0.5, 0.6) is 0 Å². The fourth-order valence-electron chi connectivity index (χ4n) is 3.70. The summed E-state index contributed by atoms with van der Waals surface area (Å²) in [6.07, 6.45) is 5.59. The molecule has 0 amide bonds. The van der Waals surface area contributed by atoms with E-state index < -0.39 is 0 Å². The first kappa shape index (κ1) is 14.7. The lowest BCUT2D eigenvalue weighted by atomic mass is 9.77. The Balaban J connectivity index is 1.73. The van der Waals surface area contributed by atoms with Crippen molar-refractivity contribution in [2.75, 3.05) is 5.32 Å². The first-order valence-corrected chi connectivity index (χ1v) is 8.68. The maximum Gasteiger partial charge on any atom is 0.269 e. The molecule has 0 fully saturated rings. The summed E-state index contributed by atoms with van der Waals surface area (Å²) in [7, 11) is 0. The zero-order valence-electron chi connectivity index (χ0n) is 12.3. The SMILES string of the molecule is O=[N+]([O-])c1ccc([C@H]2Nc3ccc(I)cc3[C@H]3C=CC[C@@H]32)cc1. The molecule has 0 radical (unpaired) electrons. The van der Waals surface area contributed by atoms with Crippen molar-refractivity contribution in [3.8, 4) is 0 Å². The summed E-state index contributed by atoms with van der Waals surface area (Å²) in [5, 5.41) is 14.5. The number of non-ortho nitro benzene ring substituents is 1. The smallest absolute Gasteiger partial charge is 0.269 e.